The van der Waals surface area contributed by atoms with Crippen molar-refractivity contribution < 1.29 is 13.2 Å². The third-order valence-corrected chi connectivity index (χ3v) is 6.03. The quantitative estimate of drug-likeness (QED) is 0.499. The van der Waals surface area contributed by atoms with Crippen molar-refractivity contribution in [3.8, 4) is 0 Å². The second kappa shape index (κ2) is 8.95. The number of rotatable bonds is 6. The van der Waals surface area contributed by atoms with E-state index < -0.39 is 11.6 Å². The van der Waals surface area contributed by atoms with Gasteiger partial charge in [-0.2, -0.15) is 0 Å². The SMILES string of the molecule is CCCc1ccc(CCC2CCC(c3ccc(C)cc3F)CC2)c(F)c1F. The van der Waals surface area contributed by atoms with Crippen LogP contribution in [0.25, 0.3) is 0 Å². The molecule has 2 aromatic rings. The third kappa shape index (κ3) is 4.75. The molecule has 0 radical (unpaired) electrons. The average molecular weight is 374 g/mol. The molecular weight excluding hydrogens is 345 g/mol. The van der Waals surface area contributed by atoms with Crippen LogP contribution in [0.5, 0.6) is 0 Å². The topological polar surface area (TPSA) is 0 Å². The number of benzene rings is 2. The Morgan fingerprint density at radius 3 is 2.07 bits per heavy atom. The van der Waals surface area contributed by atoms with Gasteiger partial charge in [0.15, 0.2) is 11.6 Å². The molecule has 0 spiro atoms. The van der Waals surface area contributed by atoms with Crippen LogP contribution < -0.4 is 0 Å². The Morgan fingerprint density at radius 2 is 1.48 bits per heavy atom. The fourth-order valence-electron chi connectivity index (χ4n) is 4.37. The van der Waals surface area contributed by atoms with Gasteiger partial charge < -0.3 is 0 Å². The molecule has 0 amide bonds. The summed E-state index contributed by atoms with van der Waals surface area (Å²) < 4.78 is 42.6. The van der Waals surface area contributed by atoms with E-state index in [1.54, 1.807) is 18.2 Å². The van der Waals surface area contributed by atoms with Crippen molar-refractivity contribution in [3.63, 3.8) is 0 Å². The molecule has 0 saturated heterocycles. The molecule has 0 heterocycles. The Labute approximate surface area is 160 Å². The van der Waals surface area contributed by atoms with Gasteiger partial charge in [-0.3, -0.25) is 0 Å². The maximum absolute atomic E-state index is 14.3. The zero-order valence-electron chi connectivity index (χ0n) is 16.3. The Bertz CT molecular complexity index is 773. The summed E-state index contributed by atoms with van der Waals surface area (Å²) in [6.45, 7) is 3.87. The highest BCUT2D eigenvalue weighted by molar-refractivity contribution is 5.28. The van der Waals surface area contributed by atoms with Gasteiger partial charge in [0.1, 0.15) is 5.82 Å². The van der Waals surface area contributed by atoms with Crippen molar-refractivity contribution in [1.82, 2.24) is 0 Å². The van der Waals surface area contributed by atoms with E-state index in [1.807, 2.05) is 26.0 Å². The van der Waals surface area contributed by atoms with Gasteiger partial charge in [0.05, 0.1) is 0 Å². The van der Waals surface area contributed by atoms with Gasteiger partial charge in [0.25, 0.3) is 0 Å². The Balaban J connectivity index is 1.55. The molecule has 0 nitrogen and oxygen atoms in total. The van der Waals surface area contributed by atoms with Crippen LogP contribution in [0.2, 0.25) is 0 Å². The summed E-state index contributed by atoms with van der Waals surface area (Å²) in [7, 11) is 0. The summed E-state index contributed by atoms with van der Waals surface area (Å²) in [6, 6.07) is 8.99. The van der Waals surface area contributed by atoms with Crippen LogP contribution in [0.3, 0.4) is 0 Å². The summed E-state index contributed by atoms with van der Waals surface area (Å²) in [5.74, 6) is -0.649. The first-order chi connectivity index (χ1) is 13.0. The monoisotopic (exact) mass is 374 g/mol. The Kier molecular flexibility index (Phi) is 6.62. The molecule has 0 N–H and O–H groups in total. The molecule has 2 aromatic carbocycles. The third-order valence-electron chi connectivity index (χ3n) is 6.03. The summed E-state index contributed by atoms with van der Waals surface area (Å²) in [5.41, 5.74) is 2.74. The fraction of sp³-hybridized carbons (Fsp3) is 0.500. The van der Waals surface area contributed by atoms with E-state index in [9.17, 15) is 13.2 Å². The standard InChI is InChI=1S/C24H29F3/c1-3-4-19-12-13-20(24(27)23(19)26)11-8-17-6-9-18(10-7-17)21-14-5-16(2)15-22(21)25/h5,12-15,17-18H,3-4,6-11H2,1-2H3. The van der Waals surface area contributed by atoms with Crippen LogP contribution in [0.15, 0.2) is 30.3 Å². The zero-order chi connectivity index (χ0) is 19.4. The van der Waals surface area contributed by atoms with Crippen molar-refractivity contribution in [1.29, 1.82) is 0 Å². The number of hydrogen-bond acceptors (Lipinski definition) is 0. The first kappa shape index (κ1) is 20.0. The predicted molar refractivity (Wildman–Crippen MR) is 105 cm³/mol. The number of hydrogen-bond donors (Lipinski definition) is 0. The van der Waals surface area contributed by atoms with E-state index in [2.05, 4.69) is 0 Å². The highest BCUT2D eigenvalue weighted by atomic mass is 19.2. The minimum atomic E-state index is -0.673. The average Bonchev–Trinajstić information content (AvgIpc) is 2.66. The van der Waals surface area contributed by atoms with Gasteiger partial charge in [-0.25, -0.2) is 13.2 Å². The van der Waals surface area contributed by atoms with E-state index >= 15 is 0 Å². The summed E-state index contributed by atoms with van der Waals surface area (Å²) in [5, 5.41) is 0. The van der Waals surface area contributed by atoms with E-state index in [0.717, 1.165) is 49.7 Å². The van der Waals surface area contributed by atoms with E-state index in [0.29, 0.717) is 29.9 Å². The Morgan fingerprint density at radius 1 is 0.852 bits per heavy atom. The minimum absolute atomic E-state index is 0.0943. The molecule has 0 aromatic heterocycles. The lowest BCUT2D eigenvalue weighted by atomic mass is 9.76. The minimum Gasteiger partial charge on any atom is -0.207 e. The number of halogens is 3. The summed E-state index contributed by atoms with van der Waals surface area (Å²) in [4.78, 5) is 0. The van der Waals surface area contributed by atoms with Crippen molar-refractivity contribution in [2.45, 2.75) is 71.1 Å². The van der Waals surface area contributed by atoms with Gasteiger partial charge in [0, 0.05) is 0 Å². The van der Waals surface area contributed by atoms with Crippen LogP contribution >= 0.6 is 0 Å². The molecule has 1 fully saturated rings. The van der Waals surface area contributed by atoms with Gasteiger partial charge >= 0.3 is 0 Å². The van der Waals surface area contributed by atoms with Crippen LogP contribution in [-0.4, -0.2) is 0 Å². The van der Waals surface area contributed by atoms with Crippen LogP contribution in [-0.2, 0) is 12.8 Å². The smallest absolute Gasteiger partial charge is 0.162 e. The normalized spacial score (nSPS) is 20.0. The molecule has 27 heavy (non-hydrogen) atoms. The van der Waals surface area contributed by atoms with Crippen molar-refractivity contribution in [2.24, 2.45) is 5.92 Å². The zero-order valence-corrected chi connectivity index (χ0v) is 16.3. The van der Waals surface area contributed by atoms with Crippen molar-refractivity contribution in [3.05, 3.63) is 70.0 Å². The molecule has 3 rings (SSSR count). The maximum atomic E-state index is 14.3. The van der Waals surface area contributed by atoms with E-state index in [1.165, 1.54) is 0 Å². The molecule has 1 aliphatic rings. The number of aryl methyl sites for hydroxylation is 3. The molecule has 0 unspecified atom stereocenters. The molecule has 146 valence electrons. The second-order valence-corrected chi connectivity index (χ2v) is 8.04. The van der Waals surface area contributed by atoms with Gasteiger partial charge in [0.2, 0.25) is 0 Å². The Hall–Kier alpha value is -1.77. The maximum Gasteiger partial charge on any atom is 0.162 e. The van der Waals surface area contributed by atoms with Crippen LogP contribution in [0, 0.1) is 30.3 Å². The molecule has 1 aliphatic carbocycles. The summed E-state index contributed by atoms with van der Waals surface area (Å²) >= 11 is 0. The lowest BCUT2D eigenvalue weighted by Gasteiger charge is -2.29. The molecular formula is C24H29F3. The van der Waals surface area contributed by atoms with Gasteiger partial charge in [-0.15, -0.1) is 0 Å². The molecule has 1 saturated carbocycles. The lowest BCUT2D eigenvalue weighted by Crippen LogP contribution is -2.15. The van der Waals surface area contributed by atoms with Gasteiger partial charge in [-0.1, -0.05) is 37.6 Å². The first-order valence-electron chi connectivity index (χ1n) is 10.2. The molecule has 0 aliphatic heterocycles. The largest absolute Gasteiger partial charge is 0.207 e. The lowest BCUT2D eigenvalue weighted by molar-refractivity contribution is 0.305. The molecule has 0 atom stereocenters. The van der Waals surface area contributed by atoms with E-state index in [-0.39, 0.29) is 11.7 Å². The predicted octanol–water partition coefficient (Wildman–Crippen LogP) is 7.27. The van der Waals surface area contributed by atoms with Crippen LogP contribution in [0.1, 0.15) is 73.6 Å². The van der Waals surface area contributed by atoms with Gasteiger partial charge in [-0.05, 0) is 92.0 Å². The highest BCUT2D eigenvalue weighted by Crippen LogP contribution is 2.38. The second-order valence-electron chi connectivity index (χ2n) is 8.04. The fourth-order valence-corrected chi connectivity index (χ4v) is 4.37. The first-order valence-corrected chi connectivity index (χ1v) is 10.2. The summed E-state index contributed by atoms with van der Waals surface area (Å²) in [6.07, 6.45) is 6.80. The highest BCUT2D eigenvalue weighted by Gasteiger charge is 2.24. The van der Waals surface area contributed by atoms with Crippen LogP contribution in [0.4, 0.5) is 13.2 Å². The molecule has 0 bridgehead atoms. The molecule has 3 heteroatoms. The van der Waals surface area contributed by atoms with Crippen molar-refractivity contribution in [2.75, 3.05) is 0 Å². The van der Waals surface area contributed by atoms with Crippen molar-refractivity contribution >= 4 is 0 Å². The van der Waals surface area contributed by atoms with E-state index in [4.69, 9.17) is 0 Å².